The van der Waals surface area contributed by atoms with Gasteiger partial charge in [-0.1, -0.05) is 6.07 Å². The molecule has 4 rings (SSSR count). The van der Waals surface area contributed by atoms with Crippen LogP contribution in [0.4, 0.5) is 21.9 Å². The van der Waals surface area contributed by atoms with Crippen LogP contribution in [0.25, 0.3) is 6.08 Å². The first-order chi connectivity index (χ1) is 19.1. The Kier molecular flexibility index (Phi) is 7.70. The fraction of sp³-hybridized carbons (Fsp3) is 0.115. The van der Waals surface area contributed by atoms with Gasteiger partial charge in [0.25, 0.3) is 17.5 Å². The van der Waals surface area contributed by atoms with Crippen molar-refractivity contribution in [3.8, 4) is 23.0 Å². The Morgan fingerprint density at radius 3 is 2.23 bits per heavy atom. The lowest BCUT2D eigenvalue weighted by Crippen LogP contribution is -2.54. The summed E-state index contributed by atoms with van der Waals surface area (Å²) in [4.78, 5) is 59.8. The molecule has 0 aliphatic carbocycles. The van der Waals surface area contributed by atoms with Gasteiger partial charge >= 0.3 is 11.7 Å². The quantitative estimate of drug-likeness (QED) is 0.174. The van der Waals surface area contributed by atoms with E-state index in [4.69, 9.17) is 14.2 Å². The van der Waals surface area contributed by atoms with Crippen molar-refractivity contribution in [3.05, 3.63) is 92.0 Å². The van der Waals surface area contributed by atoms with Crippen LogP contribution in [0.3, 0.4) is 0 Å². The Morgan fingerprint density at radius 2 is 1.60 bits per heavy atom. The molecule has 204 valence electrons. The zero-order valence-electron chi connectivity index (χ0n) is 21.0. The molecule has 1 heterocycles. The van der Waals surface area contributed by atoms with E-state index in [1.807, 2.05) is 6.92 Å². The van der Waals surface area contributed by atoms with Gasteiger partial charge in [-0.3, -0.25) is 35.1 Å². The Hall–Kier alpha value is -5.79. The highest BCUT2D eigenvalue weighted by atomic mass is 16.6. The van der Waals surface area contributed by atoms with Crippen molar-refractivity contribution in [1.29, 1.82) is 0 Å². The van der Waals surface area contributed by atoms with Gasteiger partial charge in [0.2, 0.25) is 5.75 Å². The maximum atomic E-state index is 13.2. The SMILES string of the molecule is CCOc1ccc(N2C(=O)NC(=O)/C(=C\c3ccc(Oc4ccc([N+](=O)[O-])cc4[N+](=O)[O-])c(OC)c3)C2=O)cc1. The molecule has 4 amide bonds. The first-order valence-corrected chi connectivity index (χ1v) is 11.6. The minimum absolute atomic E-state index is 0.0206. The number of non-ortho nitro benzene ring substituents is 1. The number of anilines is 1. The third-order valence-electron chi connectivity index (χ3n) is 5.58. The number of nitro groups is 2. The van der Waals surface area contributed by atoms with Gasteiger partial charge in [-0.2, -0.15) is 0 Å². The number of carbonyl (C=O) groups excluding carboxylic acids is 3. The second-order valence-corrected chi connectivity index (χ2v) is 8.06. The molecule has 40 heavy (non-hydrogen) atoms. The molecular weight excluding hydrogens is 528 g/mol. The molecule has 0 spiro atoms. The molecule has 1 aliphatic heterocycles. The topological polar surface area (TPSA) is 180 Å². The minimum atomic E-state index is -0.915. The van der Waals surface area contributed by atoms with Crippen LogP contribution >= 0.6 is 0 Å². The van der Waals surface area contributed by atoms with Gasteiger partial charge in [0, 0.05) is 6.07 Å². The number of nitrogens with one attached hydrogen (secondary N) is 1. The highest BCUT2D eigenvalue weighted by Gasteiger charge is 2.37. The largest absolute Gasteiger partial charge is 0.494 e. The van der Waals surface area contributed by atoms with E-state index in [0.29, 0.717) is 17.9 Å². The predicted molar refractivity (Wildman–Crippen MR) is 139 cm³/mol. The number of imide groups is 2. The summed E-state index contributed by atoms with van der Waals surface area (Å²) >= 11 is 0. The van der Waals surface area contributed by atoms with Crippen molar-refractivity contribution < 1.29 is 38.4 Å². The molecule has 3 aromatic carbocycles. The number of hydrogen-bond acceptors (Lipinski definition) is 10. The van der Waals surface area contributed by atoms with Crippen LogP contribution in [0.1, 0.15) is 12.5 Å². The third kappa shape index (κ3) is 5.55. The molecule has 0 unspecified atom stereocenters. The monoisotopic (exact) mass is 548 g/mol. The van der Waals surface area contributed by atoms with Crippen molar-refractivity contribution in [2.24, 2.45) is 0 Å². The summed E-state index contributed by atoms with van der Waals surface area (Å²) < 4.78 is 16.3. The van der Waals surface area contributed by atoms with Gasteiger partial charge in [0.05, 0.1) is 35.3 Å². The van der Waals surface area contributed by atoms with Crippen LogP contribution in [-0.4, -0.2) is 41.4 Å². The number of amides is 4. The van der Waals surface area contributed by atoms with E-state index in [2.05, 4.69) is 5.32 Å². The standard InChI is InChI=1S/C26H20N4O10/c1-3-39-18-8-5-16(6-9-18)28-25(32)19(24(31)27-26(28)33)12-15-4-10-22(23(13-15)38-2)40-21-11-7-17(29(34)35)14-20(21)30(36)37/h4-14H,3H2,1-2H3,(H,27,31,33)/b19-12+. The summed E-state index contributed by atoms with van der Waals surface area (Å²) in [5.74, 6) is -1.41. The van der Waals surface area contributed by atoms with Gasteiger partial charge in [-0.25, -0.2) is 9.69 Å². The predicted octanol–water partition coefficient (Wildman–Crippen LogP) is 4.37. The summed E-state index contributed by atoms with van der Waals surface area (Å²) in [5, 5.41) is 24.6. The van der Waals surface area contributed by atoms with Gasteiger partial charge in [0.15, 0.2) is 11.5 Å². The highest BCUT2D eigenvalue weighted by Crippen LogP contribution is 2.38. The molecule has 14 heteroatoms. The van der Waals surface area contributed by atoms with E-state index < -0.39 is 39.1 Å². The second-order valence-electron chi connectivity index (χ2n) is 8.06. The normalized spacial score (nSPS) is 14.1. The molecule has 0 radical (unpaired) electrons. The summed E-state index contributed by atoms with van der Waals surface area (Å²) in [5.41, 5.74) is -0.931. The van der Waals surface area contributed by atoms with Crippen LogP contribution < -0.4 is 24.4 Å². The van der Waals surface area contributed by atoms with E-state index in [1.54, 1.807) is 12.1 Å². The summed E-state index contributed by atoms with van der Waals surface area (Å²) in [6.07, 6.45) is 1.24. The third-order valence-corrected chi connectivity index (χ3v) is 5.58. The lowest BCUT2D eigenvalue weighted by molar-refractivity contribution is -0.394. The highest BCUT2D eigenvalue weighted by molar-refractivity contribution is 6.39. The maximum absolute atomic E-state index is 13.2. The molecule has 3 aromatic rings. The van der Waals surface area contributed by atoms with Crippen molar-refractivity contribution in [1.82, 2.24) is 5.32 Å². The molecule has 1 fully saturated rings. The molecule has 14 nitrogen and oxygen atoms in total. The fourth-order valence-electron chi connectivity index (χ4n) is 3.74. The molecule has 0 saturated carbocycles. The zero-order valence-corrected chi connectivity index (χ0v) is 21.0. The molecular formula is C26H20N4O10. The average Bonchev–Trinajstić information content (AvgIpc) is 2.92. The van der Waals surface area contributed by atoms with Gasteiger partial charge in [-0.05, 0) is 61.0 Å². The van der Waals surface area contributed by atoms with E-state index in [9.17, 15) is 34.6 Å². The van der Waals surface area contributed by atoms with Crippen LogP contribution in [0.5, 0.6) is 23.0 Å². The van der Waals surface area contributed by atoms with Crippen LogP contribution in [0, 0.1) is 20.2 Å². The van der Waals surface area contributed by atoms with Gasteiger partial charge < -0.3 is 14.2 Å². The Bertz CT molecular complexity index is 1570. The number of nitro benzene ring substituents is 2. The number of hydrogen-bond donors (Lipinski definition) is 1. The summed E-state index contributed by atoms with van der Waals surface area (Å²) in [7, 11) is 1.30. The van der Waals surface area contributed by atoms with Crippen LogP contribution in [0.2, 0.25) is 0 Å². The van der Waals surface area contributed by atoms with Crippen LogP contribution in [0.15, 0.2) is 66.2 Å². The molecule has 0 aromatic heterocycles. The van der Waals surface area contributed by atoms with Crippen molar-refractivity contribution in [3.63, 3.8) is 0 Å². The lowest BCUT2D eigenvalue weighted by atomic mass is 10.1. The van der Waals surface area contributed by atoms with Crippen LogP contribution in [-0.2, 0) is 9.59 Å². The van der Waals surface area contributed by atoms with Crippen molar-refractivity contribution in [2.45, 2.75) is 6.92 Å². The number of benzene rings is 3. The second kappa shape index (κ2) is 11.3. The zero-order chi connectivity index (χ0) is 29.0. The molecule has 1 N–H and O–H groups in total. The molecule has 0 bridgehead atoms. The first kappa shape index (κ1) is 27.3. The lowest BCUT2D eigenvalue weighted by Gasteiger charge is -2.26. The number of urea groups is 1. The summed E-state index contributed by atoms with van der Waals surface area (Å²) in [6, 6.07) is 12.4. The van der Waals surface area contributed by atoms with Crippen molar-refractivity contribution >= 4 is 41.0 Å². The Labute approximate surface area is 225 Å². The molecule has 0 atom stereocenters. The summed E-state index contributed by atoms with van der Waals surface area (Å²) in [6.45, 7) is 2.24. The van der Waals surface area contributed by atoms with E-state index in [-0.39, 0.29) is 28.5 Å². The van der Waals surface area contributed by atoms with Gasteiger partial charge in [0.1, 0.15) is 11.3 Å². The molecule has 1 aliphatic rings. The number of carbonyl (C=O) groups is 3. The maximum Gasteiger partial charge on any atom is 0.335 e. The first-order valence-electron chi connectivity index (χ1n) is 11.6. The fourth-order valence-corrected chi connectivity index (χ4v) is 3.74. The molecule has 1 saturated heterocycles. The van der Waals surface area contributed by atoms with E-state index in [0.717, 1.165) is 23.1 Å². The number of nitrogens with zero attached hydrogens (tertiary/aromatic N) is 3. The number of ether oxygens (including phenoxy) is 3. The Morgan fingerprint density at radius 1 is 0.900 bits per heavy atom. The van der Waals surface area contributed by atoms with Gasteiger partial charge in [-0.15, -0.1) is 0 Å². The Balaban J connectivity index is 1.64. The number of rotatable bonds is 9. The number of methoxy groups -OCH3 is 1. The smallest absolute Gasteiger partial charge is 0.335 e. The number of barbiturate groups is 1. The minimum Gasteiger partial charge on any atom is -0.494 e. The average molecular weight is 548 g/mol. The van der Waals surface area contributed by atoms with Crippen molar-refractivity contribution in [2.75, 3.05) is 18.6 Å². The van der Waals surface area contributed by atoms with E-state index >= 15 is 0 Å². The van der Waals surface area contributed by atoms with E-state index in [1.165, 1.54) is 43.5 Å².